The Morgan fingerprint density at radius 3 is 2.54 bits per heavy atom. The highest BCUT2D eigenvalue weighted by Crippen LogP contribution is 2.17. The maximum Gasteiger partial charge on any atom is 0.329 e. The van der Waals surface area contributed by atoms with Crippen LogP contribution >= 0.6 is 12.4 Å². The predicted octanol–water partition coefficient (Wildman–Crippen LogP) is 0.594. The van der Waals surface area contributed by atoms with Crippen LogP contribution in [0.5, 0.6) is 0 Å². The van der Waals surface area contributed by atoms with Crippen molar-refractivity contribution >= 4 is 35.9 Å². The van der Waals surface area contributed by atoms with E-state index >= 15 is 0 Å². The van der Waals surface area contributed by atoms with Crippen LogP contribution in [0.2, 0.25) is 0 Å². The molecule has 0 aromatic heterocycles. The number of hydrogen-bond donors (Lipinski definition) is 3. The Hall–Kier alpha value is -2.19. The maximum absolute atomic E-state index is 13.0. The molecular formula is C15H18ClFN4O3. The van der Waals surface area contributed by atoms with Gasteiger partial charge in [0, 0.05) is 30.4 Å². The molecule has 1 aromatic rings. The number of nitrogens with zero attached hydrogens (tertiary/aromatic N) is 1. The van der Waals surface area contributed by atoms with Crippen LogP contribution in [-0.4, -0.2) is 49.7 Å². The second-order valence-electron chi connectivity index (χ2n) is 5.63. The molecule has 2 saturated heterocycles. The zero-order valence-electron chi connectivity index (χ0n) is 12.8. The van der Waals surface area contributed by atoms with Crippen LogP contribution in [0.15, 0.2) is 24.3 Å². The summed E-state index contributed by atoms with van der Waals surface area (Å²) in [5.41, 5.74) is 0.983. The first kappa shape index (κ1) is 18.2. The quantitative estimate of drug-likeness (QED) is 0.689. The zero-order chi connectivity index (χ0) is 16.4. The smallest absolute Gasteiger partial charge is 0.329 e. The van der Waals surface area contributed by atoms with Gasteiger partial charge in [-0.3, -0.25) is 19.8 Å². The highest BCUT2D eigenvalue weighted by molar-refractivity contribution is 6.12. The third kappa shape index (κ3) is 4.01. The molecule has 4 amide bonds. The fourth-order valence-corrected chi connectivity index (χ4v) is 2.69. The highest BCUT2D eigenvalue weighted by atomic mass is 35.5. The topological polar surface area (TPSA) is 90.5 Å². The molecule has 2 atom stereocenters. The van der Waals surface area contributed by atoms with Gasteiger partial charge in [0.25, 0.3) is 5.91 Å². The van der Waals surface area contributed by atoms with Crippen molar-refractivity contribution < 1.29 is 18.8 Å². The van der Waals surface area contributed by atoms with Gasteiger partial charge in [-0.15, -0.1) is 12.4 Å². The monoisotopic (exact) mass is 356 g/mol. The first-order valence-corrected chi connectivity index (χ1v) is 7.40. The first-order chi connectivity index (χ1) is 11.0. The van der Waals surface area contributed by atoms with E-state index in [0.29, 0.717) is 30.8 Å². The number of alkyl halides is 1. The van der Waals surface area contributed by atoms with Crippen LogP contribution in [-0.2, 0) is 4.79 Å². The van der Waals surface area contributed by atoms with Gasteiger partial charge in [-0.05, 0) is 30.7 Å². The van der Waals surface area contributed by atoms with Crippen molar-refractivity contribution in [1.29, 1.82) is 0 Å². The highest BCUT2D eigenvalue weighted by Gasteiger charge is 2.28. The molecule has 3 N–H and O–H groups in total. The number of carbonyl (C=O) groups excluding carboxylic acids is 3. The van der Waals surface area contributed by atoms with Crippen molar-refractivity contribution in [3.63, 3.8) is 0 Å². The van der Waals surface area contributed by atoms with Crippen molar-refractivity contribution in [2.24, 2.45) is 0 Å². The first-order valence-electron chi connectivity index (χ1n) is 7.40. The number of nitrogens with one attached hydrogen (secondary N) is 3. The molecule has 2 fully saturated rings. The van der Waals surface area contributed by atoms with Gasteiger partial charge in [0.1, 0.15) is 12.7 Å². The van der Waals surface area contributed by atoms with E-state index in [-0.39, 0.29) is 36.8 Å². The number of carbonyl (C=O) groups is 3. The summed E-state index contributed by atoms with van der Waals surface area (Å²) in [4.78, 5) is 36.1. The van der Waals surface area contributed by atoms with Crippen LogP contribution < -0.4 is 20.9 Å². The van der Waals surface area contributed by atoms with Gasteiger partial charge >= 0.3 is 6.03 Å². The lowest BCUT2D eigenvalue weighted by Crippen LogP contribution is -2.37. The molecule has 0 bridgehead atoms. The maximum atomic E-state index is 13.0. The molecule has 2 aliphatic rings. The van der Waals surface area contributed by atoms with E-state index in [1.807, 2.05) is 0 Å². The second kappa shape index (κ2) is 7.59. The van der Waals surface area contributed by atoms with Crippen LogP contribution in [0.1, 0.15) is 16.8 Å². The van der Waals surface area contributed by atoms with Crippen LogP contribution in [0.4, 0.5) is 14.9 Å². The van der Waals surface area contributed by atoms with Gasteiger partial charge < -0.3 is 10.6 Å². The lowest BCUT2D eigenvalue weighted by Gasteiger charge is -2.14. The normalized spacial score (nSPS) is 23.0. The fraction of sp³-hybridized carbons (Fsp3) is 0.400. The molecule has 24 heavy (non-hydrogen) atoms. The van der Waals surface area contributed by atoms with E-state index in [4.69, 9.17) is 0 Å². The summed E-state index contributed by atoms with van der Waals surface area (Å²) in [5, 5.41) is 7.94. The zero-order valence-corrected chi connectivity index (χ0v) is 13.6. The largest absolute Gasteiger partial charge is 0.350 e. The van der Waals surface area contributed by atoms with E-state index in [1.54, 1.807) is 24.3 Å². The average molecular weight is 357 g/mol. The van der Waals surface area contributed by atoms with Gasteiger partial charge in [-0.1, -0.05) is 0 Å². The number of anilines is 1. The molecule has 2 heterocycles. The van der Waals surface area contributed by atoms with Crippen molar-refractivity contribution in [2.75, 3.05) is 24.5 Å². The van der Waals surface area contributed by atoms with E-state index in [9.17, 15) is 18.8 Å². The minimum absolute atomic E-state index is 0. The van der Waals surface area contributed by atoms with E-state index in [0.717, 1.165) is 0 Å². The van der Waals surface area contributed by atoms with E-state index < -0.39 is 12.2 Å². The Morgan fingerprint density at radius 1 is 1.29 bits per heavy atom. The molecule has 9 heteroatoms. The third-order valence-electron chi connectivity index (χ3n) is 3.91. The molecule has 0 spiro atoms. The van der Waals surface area contributed by atoms with Crippen LogP contribution in [0.25, 0.3) is 0 Å². The van der Waals surface area contributed by atoms with Gasteiger partial charge in [-0.2, -0.15) is 0 Å². The Kier molecular flexibility index (Phi) is 5.74. The number of imide groups is 1. The second-order valence-corrected chi connectivity index (χ2v) is 5.63. The van der Waals surface area contributed by atoms with Crippen molar-refractivity contribution in [3.8, 4) is 0 Å². The molecule has 7 nitrogen and oxygen atoms in total. The molecule has 0 aliphatic carbocycles. The summed E-state index contributed by atoms with van der Waals surface area (Å²) in [6.45, 7) is 0.665. The molecule has 0 unspecified atom stereocenters. The lowest BCUT2D eigenvalue weighted by atomic mass is 10.1. The minimum Gasteiger partial charge on any atom is -0.350 e. The van der Waals surface area contributed by atoms with Crippen molar-refractivity contribution in [3.05, 3.63) is 29.8 Å². The summed E-state index contributed by atoms with van der Waals surface area (Å²) >= 11 is 0. The molecule has 2 aliphatic heterocycles. The number of benzene rings is 1. The van der Waals surface area contributed by atoms with Crippen molar-refractivity contribution in [2.45, 2.75) is 18.6 Å². The molecule has 1 aromatic carbocycles. The van der Waals surface area contributed by atoms with Gasteiger partial charge in [-0.25, -0.2) is 9.18 Å². The summed E-state index contributed by atoms with van der Waals surface area (Å²) in [7, 11) is 0. The molecule has 130 valence electrons. The third-order valence-corrected chi connectivity index (χ3v) is 3.91. The molecule has 3 rings (SSSR count). The van der Waals surface area contributed by atoms with Crippen molar-refractivity contribution in [1.82, 2.24) is 16.0 Å². The average Bonchev–Trinajstić information content (AvgIpc) is 3.10. The summed E-state index contributed by atoms with van der Waals surface area (Å²) in [6, 6.07) is 5.87. The predicted molar refractivity (Wildman–Crippen MR) is 88.2 cm³/mol. The number of amides is 4. The molecule has 0 saturated carbocycles. The minimum atomic E-state index is -0.856. The Morgan fingerprint density at radius 2 is 2.00 bits per heavy atom. The summed E-state index contributed by atoms with van der Waals surface area (Å²) in [5.74, 6) is -0.616. The van der Waals surface area contributed by atoms with Gasteiger partial charge in [0.05, 0.1) is 0 Å². The van der Waals surface area contributed by atoms with Crippen LogP contribution in [0.3, 0.4) is 0 Å². The van der Waals surface area contributed by atoms with E-state index in [1.165, 1.54) is 4.90 Å². The SMILES string of the molecule is Cl.O=C1CN(c2ccc(C(=O)NC[C@@H]3C[C@H](F)CN3)cc2)C(=O)N1. The summed E-state index contributed by atoms with van der Waals surface area (Å²) < 4.78 is 13.0. The standard InChI is InChI=1S/C15H17FN4O3.ClH/c16-10-5-11(17-6-10)7-18-14(22)9-1-3-12(4-2-9)20-8-13(21)19-15(20)23;/h1-4,10-11,17H,5-8H2,(H,18,22)(H,19,21,23);1H/t10-,11-;/m0./s1. The van der Waals surface area contributed by atoms with Gasteiger partial charge in [0.15, 0.2) is 0 Å². The van der Waals surface area contributed by atoms with Crippen LogP contribution in [0, 0.1) is 0 Å². The van der Waals surface area contributed by atoms with E-state index in [2.05, 4.69) is 16.0 Å². The number of hydrogen-bond acceptors (Lipinski definition) is 4. The fourth-order valence-electron chi connectivity index (χ4n) is 2.69. The number of urea groups is 1. The van der Waals surface area contributed by atoms with Gasteiger partial charge in [0.2, 0.25) is 5.91 Å². The molecule has 0 radical (unpaired) electrons. The summed E-state index contributed by atoms with van der Waals surface area (Å²) in [6.07, 6.45) is -0.456. The Labute approximate surface area is 144 Å². The number of rotatable bonds is 4. The Bertz CT molecular complexity index is 640. The number of halogens is 2. The lowest BCUT2D eigenvalue weighted by molar-refractivity contribution is -0.117. The molecular weight excluding hydrogens is 339 g/mol. The Balaban J connectivity index is 0.00000208.